The lowest BCUT2D eigenvalue weighted by Gasteiger charge is -2.17. The van der Waals surface area contributed by atoms with Crippen molar-refractivity contribution < 1.29 is 28.9 Å². The van der Waals surface area contributed by atoms with Gasteiger partial charge in [-0.2, -0.15) is 0 Å². The van der Waals surface area contributed by atoms with Crippen LogP contribution in [0.4, 0.5) is 4.79 Å². The van der Waals surface area contributed by atoms with Crippen LogP contribution in [0, 0.1) is 0 Å². The standard InChI is InChI=1S/C22H21Cl2NO6/c1-2-3-16-18(9-8-17(23)20(16)24)30-12-14(26)11-29-15-6-4-13(5-7-15)10-19-21(27)25-22(28)31-19/h4-10,14,26H,2-3,11-12H2,1H3,(H,25,27,28)/b19-10-. The van der Waals surface area contributed by atoms with Crippen molar-refractivity contribution in [1.82, 2.24) is 5.32 Å². The molecular weight excluding hydrogens is 445 g/mol. The minimum absolute atomic E-state index is 0.0187. The maximum absolute atomic E-state index is 11.5. The van der Waals surface area contributed by atoms with E-state index in [0.29, 0.717) is 33.5 Å². The molecule has 1 atom stereocenters. The van der Waals surface area contributed by atoms with Gasteiger partial charge in [-0.25, -0.2) is 4.79 Å². The summed E-state index contributed by atoms with van der Waals surface area (Å²) in [5.41, 5.74) is 1.47. The molecule has 9 heteroatoms. The predicted octanol–water partition coefficient (Wildman–Crippen LogP) is 4.37. The van der Waals surface area contributed by atoms with E-state index in [1.165, 1.54) is 6.08 Å². The molecule has 31 heavy (non-hydrogen) atoms. The van der Waals surface area contributed by atoms with Crippen LogP contribution >= 0.6 is 23.2 Å². The molecule has 0 aromatic heterocycles. The molecule has 2 N–H and O–H groups in total. The molecule has 2 aromatic rings. The summed E-state index contributed by atoms with van der Waals surface area (Å²) >= 11 is 12.3. The Bertz CT molecular complexity index is 990. The minimum Gasteiger partial charge on any atom is -0.491 e. The third-order valence-corrected chi connectivity index (χ3v) is 5.19. The Morgan fingerprint density at radius 3 is 2.45 bits per heavy atom. The van der Waals surface area contributed by atoms with E-state index < -0.39 is 18.1 Å². The highest BCUT2D eigenvalue weighted by Crippen LogP contribution is 2.34. The smallest absolute Gasteiger partial charge is 0.419 e. The lowest BCUT2D eigenvalue weighted by atomic mass is 10.1. The van der Waals surface area contributed by atoms with E-state index in [1.807, 2.05) is 12.2 Å². The summed E-state index contributed by atoms with van der Waals surface area (Å²) in [5.74, 6) is 0.452. The van der Waals surface area contributed by atoms with E-state index in [1.54, 1.807) is 36.4 Å². The van der Waals surface area contributed by atoms with Gasteiger partial charge >= 0.3 is 6.09 Å². The van der Waals surface area contributed by atoms with Crippen molar-refractivity contribution in [3.8, 4) is 11.5 Å². The van der Waals surface area contributed by atoms with Crippen molar-refractivity contribution in [2.24, 2.45) is 0 Å². The zero-order chi connectivity index (χ0) is 22.4. The molecule has 1 aliphatic heterocycles. The van der Waals surface area contributed by atoms with Gasteiger partial charge in [0.15, 0.2) is 5.76 Å². The molecule has 1 aliphatic rings. The molecule has 1 heterocycles. The molecule has 0 radical (unpaired) electrons. The van der Waals surface area contributed by atoms with Crippen LogP contribution in [0.3, 0.4) is 0 Å². The fraction of sp³-hybridized carbons (Fsp3) is 0.273. The monoisotopic (exact) mass is 465 g/mol. The number of hydrogen-bond acceptors (Lipinski definition) is 6. The molecular formula is C22H21Cl2NO6. The molecule has 0 aliphatic carbocycles. The first kappa shape index (κ1) is 22.9. The Balaban J connectivity index is 1.52. The quantitative estimate of drug-likeness (QED) is 0.533. The van der Waals surface area contributed by atoms with Crippen LogP contribution in [-0.2, 0) is 16.0 Å². The summed E-state index contributed by atoms with van der Waals surface area (Å²) in [4.78, 5) is 22.5. The molecule has 0 saturated carbocycles. The minimum atomic E-state index is -0.868. The predicted molar refractivity (Wildman–Crippen MR) is 116 cm³/mol. The second kappa shape index (κ2) is 10.5. The van der Waals surface area contributed by atoms with E-state index in [-0.39, 0.29) is 19.0 Å². The lowest BCUT2D eigenvalue weighted by Crippen LogP contribution is -2.25. The van der Waals surface area contributed by atoms with Gasteiger partial charge in [0.05, 0.1) is 10.0 Å². The first-order chi connectivity index (χ1) is 14.9. The van der Waals surface area contributed by atoms with Gasteiger partial charge in [0, 0.05) is 5.56 Å². The van der Waals surface area contributed by atoms with Gasteiger partial charge < -0.3 is 19.3 Å². The van der Waals surface area contributed by atoms with Crippen molar-refractivity contribution in [2.45, 2.75) is 25.9 Å². The number of ether oxygens (including phenoxy) is 3. The van der Waals surface area contributed by atoms with E-state index in [9.17, 15) is 14.7 Å². The number of amides is 2. The number of aliphatic hydroxyl groups is 1. The summed E-state index contributed by atoms with van der Waals surface area (Å²) in [6, 6.07) is 10.1. The van der Waals surface area contributed by atoms with Crippen LogP contribution in [0.15, 0.2) is 42.2 Å². The van der Waals surface area contributed by atoms with E-state index in [0.717, 1.165) is 12.0 Å². The summed E-state index contributed by atoms with van der Waals surface area (Å²) in [5, 5.41) is 13.2. The summed E-state index contributed by atoms with van der Waals surface area (Å²) in [7, 11) is 0. The van der Waals surface area contributed by atoms with Crippen molar-refractivity contribution in [1.29, 1.82) is 0 Å². The Morgan fingerprint density at radius 2 is 1.81 bits per heavy atom. The number of carbonyl (C=O) groups is 2. The molecule has 0 spiro atoms. The summed E-state index contributed by atoms with van der Waals surface area (Å²) < 4.78 is 16.1. The molecule has 164 valence electrons. The maximum atomic E-state index is 11.5. The molecule has 7 nitrogen and oxygen atoms in total. The van der Waals surface area contributed by atoms with Gasteiger partial charge in [-0.05, 0) is 42.3 Å². The van der Waals surface area contributed by atoms with E-state index in [4.69, 9.17) is 37.4 Å². The summed E-state index contributed by atoms with van der Waals surface area (Å²) in [6.07, 6.45) is 1.37. The number of aliphatic hydroxyl groups excluding tert-OH is 1. The molecule has 2 aromatic carbocycles. The van der Waals surface area contributed by atoms with Crippen molar-refractivity contribution >= 4 is 41.3 Å². The second-order valence-corrected chi connectivity index (χ2v) is 7.57. The van der Waals surface area contributed by atoms with E-state index in [2.05, 4.69) is 0 Å². The van der Waals surface area contributed by atoms with Gasteiger partial charge in [0.1, 0.15) is 30.8 Å². The van der Waals surface area contributed by atoms with Crippen LogP contribution < -0.4 is 14.8 Å². The van der Waals surface area contributed by atoms with Crippen LogP contribution in [0.5, 0.6) is 11.5 Å². The average molecular weight is 466 g/mol. The number of hydrogen-bond donors (Lipinski definition) is 2. The highest BCUT2D eigenvalue weighted by molar-refractivity contribution is 6.42. The molecule has 3 rings (SSSR count). The Labute approximate surface area is 189 Å². The molecule has 0 bridgehead atoms. The third kappa shape index (κ3) is 6.13. The lowest BCUT2D eigenvalue weighted by molar-refractivity contribution is -0.116. The first-order valence-corrected chi connectivity index (χ1v) is 10.4. The number of cyclic esters (lactones) is 1. The highest BCUT2D eigenvalue weighted by atomic mass is 35.5. The number of imide groups is 1. The number of alkyl carbamates (subject to hydrolysis) is 1. The second-order valence-electron chi connectivity index (χ2n) is 6.79. The normalized spacial score (nSPS) is 15.5. The zero-order valence-electron chi connectivity index (χ0n) is 16.7. The van der Waals surface area contributed by atoms with Gasteiger partial charge in [-0.15, -0.1) is 0 Å². The number of carbonyl (C=O) groups excluding carboxylic acids is 2. The highest BCUT2D eigenvalue weighted by Gasteiger charge is 2.25. The molecule has 1 saturated heterocycles. The van der Waals surface area contributed by atoms with Gasteiger partial charge in [-0.1, -0.05) is 48.7 Å². The number of nitrogens with one attached hydrogen (secondary N) is 1. The largest absolute Gasteiger partial charge is 0.491 e. The van der Waals surface area contributed by atoms with Crippen LogP contribution in [0.1, 0.15) is 24.5 Å². The third-order valence-electron chi connectivity index (χ3n) is 4.35. The fourth-order valence-corrected chi connectivity index (χ4v) is 3.28. The Kier molecular flexibility index (Phi) is 7.79. The first-order valence-electron chi connectivity index (χ1n) is 9.62. The van der Waals surface area contributed by atoms with Gasteiger partial charge in [0.25, 0.3) is 5.91 Å². The average Bonchev–Trinajstić information content (AvgIpc) is 3.07. The fourth-order valence-electron chi connectivity index (χ4n) is 2.85. The van der Waals surface area contributed by atoms with E-state index >= 15 is 0 Å². The number of rotatable bonds is 9. The maximum Gasteiger partial charge on any atom is 0.419 e. The van der Waals surface area contributed by atoms with Crippen LogP contribution in [0.25, 0.3) is 6.08 Å². The topological polar surface area (TPSA) is 94.1 Å². The number of halogens is 2. The number of benzene rings is 2. The SMILES string of the molecule is CCCc1c(OCC(O)COc2ccc(/C=C3\OC(=O)NC3=O)cc2)ccc(Cl)c1Cl. The Hall–Kier alpha value is -2.74. The molecule has 1 fully saturated rings. The zero-order valence-corrected chi connectivity index (χ0v) is 18.2. The summed E-state index contributed by atoms with van der Waals surface area (Å²) in [6.45, 7) is 2.07. The molecule has 2 amide bonds. The van der Waals surface area contributed by atoms with Crippen molar-refractivity contribution in [2.75, 3.05) is 13.2 Å². The van der Waals surface area contributed by atoms with Crippen molar-refractivity contribution in [3.05, 3.63) is 63.3 Å². The van der Waals surface area contributed by atoms with Crippen molar-refractivity contribution in [3.63, 3.8) is 0 Å². The van der Waals surface area contributed by atoms with Gasteiger partial charge in [0.2, 0.25) is 0 Å². The van der Waals surface area contributed by atoms with Gasteiger partial charge in [-0.3, -0.25) is 10.1 Å². The Morgan fingerprint density at radius 1 is 1.10 bits per heavy atom. The molecule has 1 unspecified atom stereocenters. The van der Waals surface area contributed by atoms with Crippen LogP contribution in [-0.4, -0.2) is 36.4 Å². The van der Waals surface area contributed by atoms with Crippen LogP contribution in [0.2, 0.25) is 10.0 Å².